The third-order valence-electron chi connectivity index (χ3n) is 3.18. The molecule has 1 aliphatic heterocycles. The summed E-state index contributed by atoms with van der Waals surface area (Å²) in [6, 6.07) is 8.33. The quantitative estimate of drug-likeness (QED) is 0.779. The van der Waals surface area contributed by atoms with Gasteiger partial charge in [0.2, 0.25) is 0 Å². The molecule has 5 heteroatoms. The first-order valence-electron chi connectivity index (χ1n) is 5.64. The van der Waals surface area contributed by atoms with Crippen LogP contribution in [-0.2, 0) is 0 Å². The molecule has 0 radical (unpaired) electrons. The predicted molar refractivity (Wildman–Crippen MR) is 69.7 cm³/mol. The molecule has 1 aromatic heterocycles. The van der Waals surface area contributed by atoms with Crippen molar-refractivity contribution in [1.82, 2.24) is 10.2 Å². The highest BCUT2D eigenvalue weighted by molar-refractivity contribution is 5.82. The van der Waals surface area contributed by atoms with Gasteiger partial charge in [0.05, 0.1) is 17.6 Å². The number of hydrogen-bond donors (Lipinski definition) is 2. The van der Waals surface area contributed by atoms with Crippen LogP contribution in [0.25, 0.3) is 0 Å². The van der Waals surface area contributed by atoms with E-state index in [0.717, 1.165) is 18.8 Å². The Balaban J connectivity index is 2.10. The van der Waals surface area contributed by atoms with Crippen molar-refractivity contribution in [2.45, 2.75) is 0 Å². The van der Waals surface area contributed by atoms with E-state index in [4.69, 9.17) is 5.73 Å². The number of hydrogen-bond acceptors (Lipinski definition) is 4. The van der Waals surface area contributed by atoms with Gasteiger partial charge >= 0.3 is 0 Å². The fraction of sp³-hybridized carbons (Fsp3) is 0.250. The van der Waals surface area contributed by atoms with E-state index in [1.807, 2.05) is 6.07 Å². The van der Waals surface area contributed by atoms with Crippen molar-refractivity contribution in [3.63, 3.8) is 0 Å². The number of nitrogens with two attached hydrogens (primary N) is 1. The third kappa shape index (κ3) is 1.51. The van der Waals surface area contributed by atoms with E-state index in [9.17, 15) is 0 Å². The summed E-state index contributed by atoms with van der Waals surface area (Å²) in [5.41, 5.74) is 9.24. The van der Waals surface area contributed by atoms with E-state index in [-0.39, 0.29) is 0 Å². The molecular weight excluding hydrogens is 214 g/mol. The lowest BCUT2D eigenvalue weighted by molar-refractivity contribution is 0.823. The lowest BCUT2D eigenvalue weighted by Crippen LogP contribution is -2.36. The minimum atomic E-state index is 0.615. The highest BCUT2D eigenvalue weighted by Gasteiger charge is 2.22. The van der Waals surface area contributed by atoms with Crippen molar-refractivity contribution in [2.75, 3.05) is 35.7 Å². The van der Waals surface area contributed by atoms with E-state index in [1.165, 1.54) is 11.4 Å². The molecule has 0 bridgehead atoms. The average molecular weight is 229 g/mol. The van der Waals surface area contributed by atoms with Gasteiger partial charge in [0, 0.05) is 20.1 Å². The minimum absolute atomic E-state index is 0.615. The molecule has 0 saturated carbocycles. The van der Waals surface area contributed by atoms with Gasteiger partial charge in [-0.1, -0.05) is 12.1 Å². The molecule has 0 spiro atoms. The second-order valence-electron chi connectivity index (χ2n) is 4.23. The van der Waals surface area contributed by atoms with Gasteiger partial charge in [0.1, 0.15) is 11.5 Å². The van der Waals surface area contributed by atoms with Crippen molar-refractivity contribution in [3.05, 3.63) is 30.5 Å². The van der Waals surface area contributed by atoms with E-state index in [0.29, 0.717) is 5.82 Å². The molecule has 3 rings (SSSR count). The molecule has 0 fully saturated rings. The maximum Gasteiger partial charge on any atom is 0.143 e. The molecule has 2 aromatic rings. The van der Waals surface area contributed by atoms with Crippen LogP contribution in [0.5, 0.6) is 0 Å². The molecule has 1 aliphatic rings. The Morgan fingerprint density at radius 3 is 2.65 bits per heavy atom. The van der Waals surface area contributed by atoms with E-state index in [2.05, 4.69) is 45.2 Å². The number of likely N-dealkylation sites (N-methyl/N-ethyl adjacent to an activating group) is 1. The fourth-order valence-electron chi connectivity index (χ4n) is 2.26. The number of anilines is 4. The largest absolute Gasteiger partial charge is 0.382 e. The molecule has 88 valence electrons. The maximum absolute atomic E-state index is 5.89. The number of H-pyrrole nitrogens is 1. The first-order valence-corrected chi connectivity index (χ1v) is 5.64. The zero-order valence-electron chi connectivity index (χ0n) is 9.72. The Morgan fingerprint density at radius 1 is 1.18 bits per heavy atom. The standard InChI is InChI=1S/C12H15N5/c1-16-6-7-17(11-8-14-15-12(11)13)10-5-3-2-4-9(10)16/h2-5,8H,6-7H2,1H3,(H3,13,14,15). The molecule has 0 unspecified atom stereocenters. The van der Waals surface area contributed by atoms with Gasteiger partial charge in [-0.15, -0.1) is 0 Å². The van der Waals surface area contributed by atoms with Crippen LogP contribution < -0.4 is 15.5 Å². The lowest BCUT2D eigenvalue weighted by Gasteiger charge is -2.36. The summed E-state index contributed by atoms with van der Waals surface area (Å²) in [7, 11) is 2.11. The summed E-state index contributed by atoms with van der Waals surface area (Å²) < 4.78 is 0. The van der Waals surface area contributed by atoms with Crippen LogP contribution in [0.15, 0.2) is 30.5 Å². The smallest absolute Gasteiger partial charge is 0.143 e. The predicted octanol–water partition coefficient (Wildman–Crippen LogP) is 1.58. The van der Waals surface area contributed by atoms with Crippen molar-refractivity contribution >= 4 is 22.9 Å². The number of rotatable bonds is 1. The normalized spacial score (nSPS) is 14.9. The molecule has 3 N–H and O–H groups in total. The summed E-state index contributed by atoms with van der Waals surface area (Å²) in [4.78, 5) is 4.45. The van der Waals surface area contributed by atoms with Crippen molar-refractivity contribution < 1.29 is 0 Å². The average Bonchev–Trinajstić information content (AvgIpc) is 2.77. The zero-order chi connectivity index (χ0) is 11.8. The number of aromatic amines is 1. The molecular formula is C12H15N5. The lowest BCUT2D eigenvalue weighted by atomic mass is 10.1. The minimum Gasteiger partial charge on any atom is -0.382 e. The summed E-state index contributed by atoms with van der Waals surface area (Å²) in [5, 5.41) is 6.76. The summed E-state index contributed by atoms with van der Waals surface area (Å²) in [6.07, 6.45) is 1.78. The molecule has 17 heavy (non-hydrogen) atoms. The molecule has 0 atom stereocenters. The first-order chi connectivity index (χ1) is 8.27. The molecule has 5 nitrogen and oxygen atoms in total. The van der Waals surface area contributed by atoms with Gasteiger partial charge in [0.25, 0.3) is 0 Å². The van der Waals surface area contributed by atoms with Gasteiger partial charge in [-0.3, -0.25) is 5.10 Å². The van der Waals surface area contributed by atoms with Crippen LogP contribution in [0.3, 0.4) is 0 Å². The molecule has 1 aromatic carbocycles. The van der Waals surface area contributed by atoms with Crippen molar-refractivity contribution in [3.8, 4) is 0 Å². The monoisotopic (exact) mass is 229 g/mol. The fourth-order valence-corrected chi connectivity index (χ4v) is 2.26. The second kappa shape index (κ2) is 3.69. The number of fused-ring (bicyclic) bond motifs is 1. The summed E-state index contributed by atoms with van der Waals surface area (Å²) in [6.45, 7) is 1.89. The van der Waals surface area contributed by atoms with Crippen LogP contribution in [0, 0.1) is 0 Å². The topological polar surface area (TPSA) is 61.2 Å². The number of nitrogen functional groups attached to an aromatic ring is 1. The molecule has 2 heterocycles. The van der Waals surface area contributed by atoms with Crippen LogP contribution in [0.2, 0.25) is 0 Å². The Morgan fingerprint density at radius 2 is 1.94 bits per heavy atom. The Labute approximate surface area is 99.8 Å². The highest BCUT2D eigenvalue weighted by Crippen LogP contribution is 2.38. The molecule has 0 aliphatic carbocycles. The van der Waals surface area contributed by atoms with Gasteiger partial charge in [-0.2, -0.15) is 5.10 Å². The van der Waals surface area contributed by atoms with Crippen molar-refractivity contribution in [2.24, 2.45) is 0 Å². The SMILES string of the molecule is CN1CCN(c2cn[nH]c2N)c2ccccc21. The van der Waals surface area contributed by atoms with Crippen LogP contribution in [0.4, 0.5) is 22.9 Å². The number of para-hydroxylation sites is 2. The molecule has 0 saturated heterocycles. The zero-order valence-corrected chi connectivity index (χ0v) is 9.72. The van der Waals surface area contributed by atoms with E-state index < -0.39 is 0 Å². The number of aromatic nitrogens is 2. The molecule has 0 amide bonds. The van der Waals surface area contributed by atoms with Gasteiger partial charge in [0.15, 0.2) is 0 Å². The summed E-state index contributed by atoms with van der Waals surface area (Å²) in [5.74, 6) is 0.615. The Bertz CT molecular complexity index is 533. The van der Waals surface area contributed by atoms with Crippen LogP contribution >= 0.6 is 0 Å². The maximum atomic E-state index is 5.89. The second-order valence-corrected chi connectivity index (χ2v) is 4.23. The number of nitrogens with one attached hydrogen (secondary N) is 1. The first kappa shape index (κ1) is 10.0. The van der Waals surface area contributed by atoms with Gasteiger partial charge in [-0.05, 0) is 12.1 Å². The number of benzene rings is 1. The van der Waals surface area contributed by atoms with Crippen molar-refractivity contribution in [1.29, 1.82) is 0 Å². The van der Waals surface area contributed by atoms with Crippen LogP contribution in [0.1, 0.15) is 0 Å². The summed E-state index contributed by atoms with van der Waals surface area (Å²) >= 11 is 0. The Kier molecular flexibility index (Phi) is 2.18. The third-order valence-corrected chi connectivity index (χ3v) is 3.18. The number of nitrogens with zero attached hydrogens (tertiary/aromatic N) is 3. The van der Waals surface area contributed by atoms with Gasteiger partial charge in [-0.25, -0.2) is 0 Å². The van der Waals surface area contributed by atoms with Crippen LogP contribution in [-0.4, -0.2) is 30.3 Å². The highest BCUT2D eigenvalue weighted by atomic mass is 15.3. The van der Waals surface area contributed by atoms with Gasteiger partial charge < -0.3 is 15.5 Å². The van der Waals surface area contributed by atoms with E-state index >= 15 is 0 Å². The Hall–Kier alpha value is -2.17. The van der Waals surface area contributed by atoms with E-state index in [1.54, 1.807) is 6.20 Å².